The van der Waals surface area contributed by atoms with Crippen molar-refractivity contribution in [2.75, 3.05) is 26.1 Å². The molecule has 0 bridgehead atoms. The fourth-order valence-electron chi connectivity index (χ4n) is 5.56. The van der Waals surface area contributed by atoms with Crippen LogP contribution in [0.25, 0.3) is 10.9 Å². The zero-order chi connectivity index (χ0) is 24.2. The molecule has 4 rings (SSSR count). The van der Waals surface area contributed by atoms with E-state index in [1.54, 1.807) is 7.11 Å². The lowest BCUT2D eigenvalue weighted by Gasteiger charge is -2.41. The van der Waals surface area contributed by atoms with Gasteiger partial charge in [-0.3, -0.25) is 0 Å². The number of nitrogens with zero attached hydrogens (tertiary/aromatic N) is 4. The van der Waals surface area contributed by atoms with E-state index < -0.39 is 0 Å². The van der Waals surface area contributed by atoms with Gasteiger partial charge in [-0.25, -0.2) is 15.0 Å². The summed E-state index contributed by atoms with van der Waals surface area (Å²) >= 11 is 0. The van der Waals surface area contributed by atoms with Gasteiger partial charge in [0.15, 0.2) is 0 Å². The Morgan fingerprint density at radius 1 is 1.18 bits per heavy atom. The number of fused-ring (bicyclic) bond motifs is 1. The van der Waals surface area contributed by atoms with Gasteiger partial charge in [-0.1, -0.05) is 6.92 Å². The van der Waals surface area contributed by atoms with E-state index in [-0.39, 0.29) is 18.2 Å². The number of hydrogen-bond acceptors (Lipinski definition) is 8. The minimum Gasteiger partial charge on any atom is -0.474 e. The van der Waals surface area contributed by atoms with Gasteiger partial charge < -0.3 is 24.8 Å². The first-order valence-corrected chi connectivity index (χ1v) is 12.9. The van der Waals surface area contributed by atoms with Gasteiger partial charge >= 0.3 is 0 Å². The highest BCUT2D eigenvalue weighted by Gasteiger charge is 2.32. The molecule has 0 amide bonds. The van der Waals surface area contributed by atoms with Gasteiger partial charge in [0.1, 0.15) is 6.10 Å². The van der Waals surface area contributed by atoms with Gasteiger partial charge in [0.05, 0.1) is 23.6 Å². The highest BCUT2D eigenvalue weighted by atomic mass is 16.5. The summed E-state index contributed by atoms with van der Waals surface area (Å²) in [5.41, 5.74) is 2.03. The van der Waals surface area contributed by atoms with E-state index in [0.717, 1.165) is 61.4 Å². The van der Waals surface area contributed by atoms with Crippen molar-refractivity contribution in [2.45, 2.75) is 102 Å². The summed E-state index contributed by atoms with van der Waals surface area (Å²) in [6, 6.07) is 1.08. The van der Waals surface area contributed by atoms with Crippen molar-refractivity contribution in [1.82, 2.24) is 19.9 Å². The molecule has 34 heavy (non-hydrogen) atoms. The molecule has 0 radical (unpaired) electrons. The number of likely N-dealkylation sites (tertiary alicyclic amines) is 1. The normalized spacial score (nSPS) is 29.2. The predicted molar refractivity (Wildman–Crippen MR) is 134 cm³/mol. The van der Waals surface area contributed by atoms with Crippen LogP contribution in [0, 0.1) is 0 Å². The SMILES string of the molecule is CC[C@@H]1CC(Oc2ncc([C@H]3CC[C@H](O)CC3)c3nc(N[C@@H](C)COC)ncc23)C[C@H](C)N1C. The fourth-order valence-corrected chi connectivity index (χ4v) is 5.56. The smallest absolute Gasteiger partial charge is 0.224 e. The van der Waals surface area contributed by atoms with E-state index in [1.807, 2.05) is 19.3 Å². The van der Waals surface area contributed by atoms with Gasteiger partial charge in [0.2, 0.25) is 11.8 Å². The average molecular weight is 472 g/mol. The van der Waals surface area contributed by atoms with Crippen molar-refractivity contribution >= 4 is 16.9 Å². The number of aromatic nitrogens is 3. The number of pyridine rings is 1. The number of hydrogen-bond donors (Lipinski definition) is 2. The summed E-state index contributed by atoms with van der Waals surface area (Å²) in [7, 11) is 3.91. The van der Waals surface area contributed by atoms with Gasteiger partial charge in [0.25, 0.3) is 0 Å². The van der Waals surface area contributed by atoms with Crippen molar-refractivity contribution in [2.24, 2.45) is 0 Å². The van der Waals surface area contributed by atoms with Crippen LogP contribution in [0.15, 0.2) is 12.4 Å². The maximum absolute atomic E-state index is 10.0. The molecule has 1 saturated carbocycles. The Labute approximate surface area is 203 Å². The topological polar surface area (TPSA) is 92.6 Å². The number of piperidine rings is 1. The molecule has 4 atom stereocenters. The first kappa shape index (κ1) is 25.1. The maximum atomic E-state index is 10.0. The lowest BCUT2D eigenvalue weighted by atomic mass is 9.83. The predicted octanol–water partition coefficient (Wildman–Crippen LogP) is 4.13. The summed E-state index contributed by atoms with van der Waals surface area (Å²) in [4.78, 5) is 16.8. The first-order valence-electron chi connectivity index (χ1n) is 12.9. The van der Waals surface area contributed by atoms with Gasteiger partial charge in [-0.2, -0.15) is 0 Å². The molecule has 1 unspecified atom stereocenters. The number of anilines is 1. The van der Waals surface area contributed by atoms with Gasteiger partial charge in [0, 0.05) is 43.2 Å². The molecular formula is C26H41N5O3. The van der Waals surface area contributed by atoms with Crippen molar-refractivity contribution in [3.05, 3.63) is 18.0 Å². The third-order valence-corrected chi connectivity index (χ3v) is 7.70. The van der Waals surface area contributed by atoms with Crippen LogP contribution >= 0.6 is 0 Å². The molecule has 2 fully saturated rings. The number of nitrogens with one attached hydrogen (secondary N) is 1. The molecule has 2 aliphatic rings. The molecule has 8 nitrogen and oxygen atoms in total. The largest absolute Gasteiger partial charge is 0.474 e. The average Bonchev–Trinajstić information content (AvgIpc) is 2.82. The van der Waals surface area contributed by atoms with Crippen LogP contribution in [0.4, 0.5) is 5.95 Å². The molecule has 1 saturated heterocycles. The second-order valence-electron chi connectivity index (χ2n) is 10.3. The van der Waals surface area contributed by atoms with Crippen LogP contribution in [0.5, 0.6) is 5.88 Å². The Bertz CT molecular complexity index is 949. The van der Waals surface area contributed by atoms with E-state index in [0.29, 0.717) is 36.4 Å². The Morgan fingerprint density at radius 2 is 1.94 bits per heavy atom. The number of aliphatic hydroxyl groups is 1. The van der Waals surface area contributed by atoms with Crippen molar-refractivity contribution in [3.8, 4) is 5.88 Å². The molecule has 0 aromatic carbocycles. The zero-order valence-corrected chi connectivity index (χ0v) is 21.3. The van der Waals surface area contributed by atoms with Crippen LogP contribution in [-0.4, -0.2) is 76.1 Å². The summed E-state index contributed by atoms with van der Waals surface area (Å²) in [6.07, 6.45) is 10.3. The van der Waals surface area contributed by atoms with E-state index in [2.05, 4.69) is 36.1 Å². The number of rotatable bonds is 8. The van der Waals surface area contributed by atoms with E-state index in [9.17, 15) is 5.11 Å². The number of methoxy groups -OCH3 is 1. The summed E-state index contributed by atoms with van der Waals surface area (Å²) in [6.45, 7) is 7.14. The first-order chi connectivity index (χ1) is 16.4. The zero-order valence-electron chi connectivity index (χ0n) is 21.3. The lowest BCUT2D eigenvalue weighted by Crippen LogP contribution is -2.48. The Balaban J connectivity index is 1.65. The lowest BCUT2D eigenvalue weighted by molar-refractivity contribution is 0.0330. The second-order valence-corrected chi connectivity index (χ2v) is 10.3. The standard InChI is InChI=1S/C26H41N5O3/c1-6-19-12-21(11-17(3)31(19)4)34-25-23-14-28-26(29-16(2)15-33-5)30-24(23)22(13-27-25)18-7-9-20(32)10-8-18/h13-14,16-21,32H,6-12,15H2,1-5H3,(H,28,29,30)/t16-,17-,18-,19+,20-,21?/m0/s1. The van der Waals surface area contributed by atoms with Crippen LogP contribution in [-0.2, 0) is 4.74 Å². The monoisotopic (exact) mass is 471 g/mol. The van der Waals surface area contributed by atoms with E-state index in [4.69, 9.17) is 19.4 Å². The summed E-state index contributed by atoms with van der Waals surface area (Å²) < 4.78 is 11.8. The van der Waals surface area contributed by atoms with Crippen LogP contribution in [0.3, 0.4) is 0 Å². The minimum atomic E-state index is -0.197. The Hall–Kier alpha value is -2.03. The third-order valence-electron chi connectivity index (χ3n) is 7.70. The van der Waals surface area contributed by atoms with Crippen LogP contribution in [0.2, 0.25) is 0 Å². The van der Waals surface area contributed by atoms with E-state index >= 15 is 0 Å². The van der Waals surface area contributed by atoms with E-state index in [1.165, 1.54) is 0 Å². The quantitative estimate of drug-likeness (QED) is 0.594. The molecule has 1 aliphatic carbocycles. The molecule has 2 aromatic rings. The number of aliphatic hydroxyl groups excluding tert-OH is 1. The highest BCUT2D eigenvalue weighted by Crippen LogP contribution is 2.38. The second kappa shape index (κ2) is 11.1. The Kier molecular flexibility index (Phi) is 8.22. The minimum absolute atomic E-state index is 0.0972. The molecule has 8 heteroatoms. The van der Waals surface area contributed by atoms with Gasteiger partial charge in [-0.05, 0) is 71.8 Å². The molecule has 1 aliphatic heterocycles. The van der Waals surface area contributed by atoms with Crippen molar-refractivity contribution < 1.29 is 14.6 Å². The third kappa shape index (κ3) is 5.61. The summed E-state index contributed by atoms with van der Waals surface area (Å²) in [5.74, 6) is 1.55. The fraction of sp³-hybridized carbons (Fsp3) is 0.731. The molecule has 3 heterocycles. The van der Waals surface area contributed by atoms with Crippen molar-refractivity contribution in [1.29, 1.82) is 0 Å². The molecule has 188 valence electrons. The summed E-state index contributed by atoms with van der Waals surface area (Å²) in [5, 5.41) is 14.2. The molecular weight excluding hydrogens is 430 g/mol. The number of ether oxygens (including phenoxy) is 2. The van der Waals surface area contributed by atoms with Gasteiger partial charge in [-0.15, -0.1) is 0 Å². The van der Waals surface area contributed by atoms with Crippen molar-refractivity contribution in [3.63, 3.8) is 0 Å². The molecule has 2 aromatic heterocycles. The molecule has 0 spiro atoms. The molecule has 2 N–H and O–H groups in total. The van der Waals surface area contributed by atoms with Crippen LogP contribution in [0.1, 0.15) is 77.2 Å². The maximum Gasteiger partial charge on any atom is 0.224 e. The Morgan fingerprint density at radius 3 is 2.65 bits per heavy atom. The highest BCUT2D eigenvalue weighted by molar-refractivity contribution is 5.86. The van der Waals surface area contributed by atoms with Crippen LogP contribution < -0.4 is 10.1 Å².